The molecule has 1 amide bonds. The van der Waals surface area contributed by atoms with Crippen LogP contribution in [0.4, 0.5) is 5.82 Å². The number of H-pyrrole nitrogens is 1. The monoisotopic (exact) mass is 236 g/mol. The van der Waals surface area contributed by atoms with Crippen LogP contribution < -0.4 is 11.1 Å². The van der Waals surface area contributed by atoms with E-state index >= 15 is 0 Å². The molecule has 6 heteroatoms. The van der Waals surface area contributed by atoms with Gasteiger partial charge in [-0.25, -0.2) is 0 Å². The smallest absolute Gasteiger partial charge is 0.269 e. The SMILES string of the molecule is Nc1cc(C(=O)NC2CCOC2C2CC2)[nH]n1. The van der Waals surface area contributed by atoms with Crippen LogP contribution >= 0.6 is 0 Å². The first kappa shape index (κ1) is 10.6. The Labute approximate surface area is 98.9 Å². The fraction of sp³-hybridized carbons (Fsp3) is 0.636. The summed E-state index contributed by atoms with van der Waals surface area (Å²) in [6.07, 6.45) is 3.51. The molecule has 0 aromatic carbocycles. The Kier molecular flexibility index (Phi) is 2.51. The maximum Gasteiger partial charge on any atom is 0.269 e. The maximum absolute atomic E-state index is 11.9. The molecule has 1 aliphatic heterocycles. The largest absolute Gasteiger partial charge is 0.382 e. The van der Waals surface area contributed by atoms with Crippen molar-refractivity contribution in [2.75, 3.05) is 12.3 Å². The molecule has 2 heterocycles. The number of aromatic nitrogens is 2. The number of aromatic amines is 1. The summed E-state index contributed by atoms with van der Waals surface area (Å²) in [5, 5.41) is 9.34. The predicted octanol–water partition coefficient (Wildman–Crippen LogP) is 0.289. The number of ether oxygens (including phenoxy) is 1. The second-order valence-electron chi connectivity index (χ2n) is 4.75. The predicted molar refractivity (Wildman–Crippen MR) is 61.3 cm³/mol. The second kappa shape index (κ2) is 4.03. The fourth-order valence-electron chi connectivity index (χ4n) is 2.35. The van der Waals surface area contributed by atoms with E-state index in [0.717, 1.165) is 13.0 Å². The highest BCUT2D eigenvalue weighted by molar-refractivity contribution is 5.93. The van der Waals surface area contributed by atoms with Gasteiger partial charge in [0, 0.05) is 12.7 Å². The van der Waals surface area contributed by atoms with Crippen molar-refractivity contribution in [2.24, 2.45) is 5.92 Å². The minimum atomic E-state index is -0.157. The molecule has 0 radical (unpaired) electrons. The molecule has 92 valence electrons. The molecule has 0 bridgehead atoms. The van der Waals surface area contributed by atoms with E-state index in [-0.39, 0.29) is 18.1 Å². The highest BCUT2D eigenvalue weighted by atomic mass is 16.5. The Hall–Kier alpha value is -1.56. The highest BCUT2D eigenvalue weighted by Gasteiger charge is 2.41. The lowest BCUT2D eigenvalue weighted by Crippen LogP contribution is -2.41. The number of hydrogen-bond acceptors (Lipinski definition) is 4. The molecule has 17 heavy (non-hydrogen) atoms. The number of anilines is 1. The van der Waals surface area contributed by atoms with Crippen molar-refractivity contribution in [3.63, 3.8) is 0 Å². The van der Waals surface area contributed by atoms with Gasteiger partial charge in [-0.3, -0.25) is 9.89 Å². The maximum atomic E-state index is 11.9. The Morgan fingerprint density at radius 1 is 1.53 bits per heavy atom. The van der Waals surface area contributed by atoms with E-state index in [1.165, 1.54) is 18.9 Å². The molecule has 1 aromatic rings. The second-order valence-corrected chi connectivity index (χ2v) is 4.75. The van der Waals surface area contributed by atoms with Gasteiger partial charge < -0.3 is 15.8 Å². The van der Waals surface area contributed by atoms with Crippen molar-refractivity contribution >= 4 is 11.7 Å². The number of rotatable bonds is 3. The highest BCUT2D eigenvalue weighted by Crippen LogP contribution is 2.38. The molecule has 3 rings (SSSR count). The van der Waals surface area contributed by atoms with E-state index in [4.69, 9.17) is 10.5 Å². The first-order chi connectivity index (χ1) is 8.24. The van der Waals surface area contributed by atoms with Gasteiger partial charge in [0.2, 0.25) is 0 Å². The van der Waals surface area contributed by atoms with Gasteiger partial charge >= 0.3 is 0 Å². The van der Waals surface area contributed by atoms with Crippen molar-refractivity contribution in [2.45, 2.75) is 31.4 Å². The number of hydrogen-bond donors (Lipinski definition) is 3. The van der Waals surface area contributed by atoms with Gasteiger partial charge in [-0.2, -0.15) is 5.10 Å². The number of nitrogen functional groups attached to an aromatic ring is 1. The number of nitrogens with two attached hydrogens (primary N) is 1. The summed E-state index contributed by atoms with van der Waals surface area (Å²) in [5.41, 5.74) is 5.87. The van der Waals surface area contributed by atoms with Crippen LogP contribution in [0.3, 0.4) is 0 Å². The van der Waals surface area contributed by atoms with Crippen LogP contribution in [-0.4, -0.2) is 34.9 Å². The minimum Gasteiger partial charge on any atom is -0.382 e. The molecular weight excluding hydrogens is 220 g/mol. The molecule has 6 nitrogen and oxygen atoms in total. The van der Waals surface area contributed by atoms with Crippen molar-refractivity contribution in [1.29, 1.82) is 0 Å². The number of nitrogens with one attached hydrogen (secondary N) is 2. The Balaban J connectivity index is 1.64. The zero-order valence-electron chi connectivity index (χ0n) is 9.48. The number of carbonyl (C=O) groups is 1. The lowest BCUT2D eigenvalue weighted by Gasteiger charge is -2.18. The molecule has 1 saturated carbocycles. The topological polar surface area (TPSA) is 93.0 Å². The van der Waals surface area contributed by atoms with E-state index < -0.39 is 0 Å². The Morgan fingerprint density at radius 2 is 2.35 bits per heavy atom. The molecule has 0 spiro atoms. The molecule has 4 N–H and O–H groups in total. The van der Waals surface area contributed by atoms with Gasteiger partial charge in [-0.15, -0.1) is 0 Å². The van der Waals surface area contributed by atoms with Crippen LogP contribution in [0.15, 0.2) is 6.07 Å². The van der Waals surface area contributed by atoms with Gasteiger partial charge in [0.1, 0.15) is 11.5 Å². The van der Waals surface area contributed by atoms with E-state index in [1.54, 1.807) is 0 Å². The van der Waals surface area contributed by atoms with Crippen LogP contribution in [0.1, 0.15) is 29.8 Å². The van der Waals surface area contributed by atoms with Gasteiger partial charge in [0.15, 0.2) is 0 Å². The normalized spacial score (nSPS) is 28.2. The lowest BCUT2D eigenvalue weighted by molar-refractivity contribution is 0.0727. The molecule has 1 aromatic heterocycles. The minimum absolute atomic E-state index is 0.125. The number of nitrogens with zero attached hydrogens (tertiary/aromatic N) is 1. The standard InChI is InChI=1S/C11H16N4O2/c12-9-5-8(14-15-9)11(16)13-7-3-4-17-10(7)6-1-2-6/h5-7,10H,1-4H2,(H,13,16)(H3,12,14,15). The van der Waals surface area contributed by atoms with Crippen LogP contribution in [0.25, 0.3) is 0 Å². The van der Waals surface area contributed by atoms with Crippen molar-refractivity contribution in [3.8, 4) is 0 Å². The molecule has 2 aliphatic rings. The Morgan fingerprint density at radius 3 is 3.00 bits per heavy atom. The quantitative estimate of drug-likeness (QED) is 0.703. The third-order valence-corrected chi connectivity index (χ3v) is 3.38. The number of carbonyl (C=O) groups excluding carboxylic acids is 1. The third-order valence-electron chi connectivity index (χ3n) is 3.38. The van der Waals surface area contributed by atoms with Crippen molar-refractivity contribution < 1.29 is 9.53 Å². The van der Waals surface area contributed by atoms with E-state index in [0.29, 0.717) is 17.4 Å². The molecule has 2 fully saturated rings. The van der Waals surface area contributed by atoms with Crippen LogP contribution in [0.5, 0.6) is 0 Å². The summed E-state index contributed by atoms with van der Waals surface area (Å²) in [6, 6.07) is 1.66. The van der Waals surface area contributed by atoms with Crippen LogP contribution in [-0.2, 0) is 4.74 Å². The van der Waals surface area contributed by atoms with E-state index in [9.17, 15) is 4.79 Å². The third kappa shape index (κ3) is 2.12. The summed E-state index contributed by atoms with van der Waals surface area (Å²) in [7, 11) is 0. The number of amides is 1. The first-order valence-corrected chi connectivity index (χ1v) is 5.97. The fourth-order valence-corrected chi connectivity index (χ4v) is 2.35. The molecule has 2 atom stereocenters. The van der Waals surface area contributed by atoms with Crippen molar-refractivity contribution in [1.82, 2.24) is 15.5 Å². The average Bonchev–Trinajstić information content (AvgIpc) is 2.89. The molecule has 1 aliphatic carbocycles. The summed E-state index contributed by atoms with van der Waals surface area (Å²) in [6.45, 7) is 0.733. The van der Waals surface area contributed by atoms with Gasteiger partial charge in [0.25, 0.3) is 5.91 Å². The zero-order valence-corrected chi connectivity index (χ0v) is 9.48. The van der Waals surface area contributed by atoms with Gasteiger partial charge in [-0.1, -0.05) is 0 Å². The van der Waals surface area contributed by atoms with Crippen LogP contribution in [0.2, 0.25) is 0 Å². The van der Waals surface area contributed by atoms with Gasteiger partial charge in [0.05, 0.1) is 12.1 Å². The van der Waals surface area contributed by atoms with Gasteiger partial charge in [-0.05, 0) is 25.2 Å². The summed E-state index contributed by atoms with van der Waals surface area (Å²) in [4.78, 5) is 11.9. The molecule has 1 saturated heterocycles. The average molecular weight is 236 g/mol. The lowest BCUT2D eigenvalue weighted by atomic mass is 10.1. The zero-order chi connectivity index (χ0) is 11.8. The molecular formula is C11H16N4O2. The summed E-state index contributed by atoms with van der Waals surface area (Å²) < 4.78 is 5.67. The molecule has 2 unspecified atom stereocenters. The van der Waals surface area contributed by atoms with Crippen LogP contribution in [0, 0.1) is 5.92 Å². The van der Waals surface area contributed by atoms with E-state index in [2.05, 4.69) is 15.5 Å². The Bertz CT molecular complexity index is 427. The summed E-state index contributed by atoms with van der Waals surface area (Å²) >= 11 is 0. The van der Waals surface area contributed by atoms with E-state index in [1.807, 2.05) is 0 Å². The first-order valence-electron chi connectivity index (χ1n) is 5.97. The summed E-state index contributed by atoms with van der Waals surface area (Å²) in [5.74, 6) is 0.807. The van der Waals surface area contributed by atoms with Crippen molar-refractivity contribution in [3.05, 3.63) is 11.8 Å².